The first kappa shape index (κ1) is 16.9. The molecular weight excluding hydrogens is 370 g/mol. The van der Waals surface area contributed by atoms with Gasteiger partial charge in [-0.15, -0.1) is 0 Å². The number of fused-ring (bicyclic) bond motifs is 1. The van der Waals surface area contributed by atoms with Gasteiger partial charge in [-0.3, -0.25) is 9.59 Å². The van der Waals surface area contributed by atoms with E-state index in [4.69, 9.17) is 0 Å². The van der Waals surface area contributed by atoms with Crippen molar-refractivity contribution in [3.63, 3.8) is 0 Å². The zero-order chi connectivity index (χ0) is 17.6. The van der Waals surface area contributed by atoms with Gasteiger partial charge in [0.25, 0.3) is 5.91 Å². The van der Waals surface area contributed by atoms with Crippen LogP contribution >= 0.6 is 15.9 Å². The molecule has 4 nitrogen and oxygen atoms in total. The fourth-order valence-electron chi connectivity index (χ4n) is 3.08. The molecule has 0 aliphatic carbocycles. The van der Waals surface area contributed by atoms with E-state index in [-0.39, 0.29) is 12.2 Å². The van der Waals surface area contributed by atoms with Crippen molar-refractivity contribution in [1.82, 2.24) is 0 Å². The number of carbonyl (C=O) groups excluding carboxylic acids is 2. The molecule has 24 heavy (non-hydrogen) atoms. The molecule has 0 saturated carbocycles. The minimum absolute atomic E-state index is 0.249. The third kappa shape index (κ3) is 2.68. The highest BCUT2D eigenvalue weighted by molar-refractivity contribution is 9.10. The van der Waals surface area contributed by atoms with E-state index in [0.29, 0.717) is 16.8 Å². The summed E-state index contributed by atoms with van der Waals surface area (Å²) in [5.74, 6) is -0.813. The molecule has 0 saturated heterocycles. The third-order valence-electron chi connectivity index (χ3n) is 4.61. The van der Waals surface area contributed by atoms with Crippen molar-refractivity contribution in [2.45, 2.75) is 32.8 Å². The number of nitrogens with one attached hydrogen (secondary N) is 1. The van der Waals surface area contributed by atoms with Gasteiger partial charge in [0, 0.05) is 21.3 Å². The van der Waals surface area contributed by atoms with Gasteiger partial charge < -0.3 is 10.4 Å². The second kappa shape index (κ2) is 5.83. The van der Waals surface area contributed by atoms with Crippen molar-refractivity contribution >= 4 is 33.3 Å². The smallest absolute Gasteiger partial charge is 0.261 e. The van der Waals surface area contributed by atoms with Gasteiger partial charge in [-0.2, -0.15) is 0 Å². The maximum atomic E-state index is 12.8. The Bertz CT molecular complexity index is 875. The SMILES string of the molecule is Cc1cc(C)c(C(=O)C[C@]2(O)C(=O)Nc3ccc(Br)cc32)cc1C. The van der Waals surface area contributed by atoms with Gasteiger partial charge in [-0.25, -0.2) is 0 Å². The van der Waals surface area contributed by atoms with Crippen LogP contribution < -0.4 is 5.32 Å². The van der Waals surface area contributed by atoms with Crippen molar-refractivity contribution in [1.29, 1.82) is 0 Å². The van der Waals surface area contributed by atoms with Crippen molar-refractivity contribution in [3.8, 4) is 0 Å². The highest BCUT2D eigenvalue weighted by Gasteiger charge is 2.47. The number of aryl methyl sites for hydroxylation is 3. The molecular formula is C19H18BrNO3. The minimum atomic E-state index is -1.85. The summed E-state index contributed by atoms with van der Waals surface area (Å²) in [5.41, 5.74) is 2.63. The summed E-state index contributed by atoms with van der Waals surface area (Å²) in [5, 5.41) is 13.6. The summed E-state index contributed by atoms with van der Waals surface area (Å²) < 4.78 is 0.742. The van der Waals surface area contributed by atoms with Gasteiger partial charge in [-0.05, 0) is 61.7 Å². The van der Waals surface area contributed by atoms with Crippen LogP contribution in [0.4, 0.5) is 5.69 Å². The van der Waals surface area contributed by atoms with Crippen LogP contribution in [-0.4, -0.2) is 16.8 Å². The van der Waals surface area contributed by atoms with E-state index in [1.807, 2.05) is 32.9 Å². The largest absolute Gasteiger partial charge is 0.375 e. The van der Waals surface area contributed by atoms with Gasteiger partial charge in [0.1, 0.15) is 0 Å². The average Bonchev–Trinajstić information content (AvgIpc) is 2.74. The second-order valence-electron chi connectivity index (χ2n) is 6.36. The monoisotopic (exact) mass is 387 g/mol. The van der Waals surface area contributed by atoms with E-state index in [9.17, 15) is 14.7 Å². The molecule has 2 aromatic carbocycles. The number of Topliss-reactive ketones (excluding diaryl/α,β-unsaturated/α-hetero) is 1. The lowest BCUT2D eigenvalue weighted by Crippen LogP contribution is -2.36. The van der Waals surface area contributed by atoms with Gasteiger partial charge >= 0.3 is 0 Å². The Morgan fingerprint density at radius 3 is 2.50 bits per heavy atom. The molecule has 2 aromatic rings. The fraction of sp³-hybridized carbons (Fsp3) is 0.263. The molecule has 1 heterocycles. The molecule has 1 atom stereocenters. The number of halogens is 1. The maximum absolute atomic E-state index is 12.8. The molecule has 0 unspecified atom stereocenters. The normalized spacial score (nSPS) is 19.1. The number of hydrogen-bond acceptors (Lipinski definition) is 3. The molecule has 1 amide bonds. The first-order chi connectivity index (χ1) is 11.2. The fourth-order valence-corrected chi connectivity index (χ4v) is 3.44. The van der Waals surface area contributed by atoms with Crippen LogP contribution in [0, 0.1) is 20.8 Å². The highest BCUT2D eigenvalue weighted by Crippen LogP contribution is 2.40. The van der Waals surface area contributed by atoms with Crippen LogP contribution in [0.5, 0.6) is 0 Å². The number of amides is 1. The lowest BCUT2D eigenvalue weighted by molar-refractivity contribution is -0.133. The van der Waals surface area contributed by atoms with E-state index in [1.165, 1.54) is 0 Å². The zero-order valence-electron chi connectivity index (χ0n) is 13.7. The first-order valence-electron chi connectivity index (χ1n) is 7.67. The number of ketones is 1. The van der Waals surface area contributed by atoms with Crippen molar-refractivity contribution in [2.75, 3.05) is 5.32 Å². The Morgan fingerprint density at radius 2 is 1.79 bits per heavy atom. The summed E-state index contributed by atoms with van der Waals surface area (Å²) in [6.45, 7) is 5.79. The Morgan fingerprint density at radius 1 is 1.12 bits per heavy atom. The number of anilines is 1. The molecule has 0 fully saturated rings. The molecule has 0 bridgehead atoms. The van der Waals surface area contributed by atoms with Crippen LogP contribution in [0.2, 0.25) is 0 Å². The van der Waals surface area contributed by atoms with E-state index in [0.717, 1.165) is 21.2 Å². The number of carbonyl (C=O) groups is 2. The van der Waals surface area contributed by atoms with Crippen LogP contribution in [0.25, 0.3) is 0 Å². The minimum Gasteiger partial charge on any atom is -0.375 e. The molecule has 0 spiro atoms. The number of rotatable bonds is 3. The van der Waals surface area contributed by atoms with Gasteiger partial charge in [0.05, 0.1) is 6.42 Å². The van der Waals surface area contributed by atoms with E-state index in [2.05, 4.69) is 21.2 Å². The summed E-state index contributed by atoms with van der Waals surface area (Å²) in [6, 6.07) is 8.94. The topological polar surface area (TPSA) is 66.4 Å². The molecule has 3 rings (SSSR count). The highest BCUT2D eigenvalue weighted by atomic mass is 79.9. The molecule has 5 heteroatoms. The Kier molecular flexibility index (Phi) is 4.10. The van der Waals surface area contributed by atoms with Crippen LogP contribution in [0.15, 0.2) is 34.8 Å². The first-order valence-corrected chi connectivity index (χ1v) is 8.46. The van der Waals surface area contributed by atoms with E-state index >= 15 is 0 Å². The third-order valence-corrected chi connectivity index (χ3v) is 5.10. The quantitative estimate of drug-likeness (QED) is 0.787. The summed E-state index contributed by atoms with van der Waals surface area (Å²) >= 11 is 3.34. The van der Waals surface area contributed by atoms with Crippen LogP contribution in [0.1, 0.15) is 39.0 Å². The Labute approximate surface area is 149 Å². The van der Waals surface area contributed by atoms with Crippen LogP contribution in [0.3, 0.4) is 0 Å². The molecule has 1 aliphatic heterocycles. The lowest BCUT2D eigenvalue weighted by atomic mass is 9.86. The zero-order valence-corrected chi connectivity index (χ0v) is 15.3. The summed E-state index contributed by atoms with van der Waals surface area (Å²) in [6.07, 6.45) is -0.286. The van der Waals surface area contributed by atoms with E-state index in [1.54, 1.807) is 18.2 Å². The standard InChI is InChI=1S/C19H18BrNO3/c1-10-6-12(3)14(7-11(10)2)17(22)9-19(24)15-8-13(20)4-5-16(15)21-18(19)23/h4-8,24H,9H2,1-3H3,(H,21,23)/t19-/m1/s1. The predicted octanol–water partition coefficient (Wildman–Crippen LogP) is 3.79. The summed E-state index contributed by atoms with van der Waals surface area (Å²) in [7, 11) is 0. The maximum Gasteiger partial charge on any atom is 0.261 e. The molecule has 2 N–H and O–H groups in total. The number of benzene rings is 2. The van der Waals surface area contributed by atoms with Crippen molar-refractivity contribution in [3.05, 3.63) is 62.6 Å². The Hall–Kier alpha value is -1.98. The number of aliphatic hydroxyl groups is 1. The second-order valence-corrected chi connectivity index (χ2v) is 7.27. The van der Waals surface area contributed by atoms with Crippen molar-refractivity contribution < 1.29 is 14.7 Å². The lowest BCUT2D eigenvalue weighted by Gasteiger charge is -2.21. The van der Waals surface area contributed by atoms with Crippen molar-refractivity contribution in [2.24, 2.45) is 0 Å². The molecule has 0 aromatic heterocycles. The van der Waals surface area contributed by atoms with Gasteiger partial charge in [0.15, 0.2) is 11.4 Å². The molecule has 124 valence electrons. The molecule has 0 radical (unpaired) electrons. The molecule has 1 aliphatic rings. The van der Waals surface area contributed by atoms with Gasteiger partial charge in [-0.1, -0.05) is 22.0 Å². The average molecular weight is 388 g/mol. The van der Waals surface area contributed by atoms with Crippen LogP contribution in [-0.2, 0) is 10.4 Å². The van der Waals surface area contributed by atoms with E-state index < -0.39 is 11.5 Å². The number of hydrogen-bond donors (Lipinski definition) is 2. The van der Waals surface area contributed by atoms with Gasteiger partial charge in [0.2, 0.25) is 0 Å². The predicted molar refractivity (Wildman–Crippen MR) is 96.3 cm³/mol. The summed E-state index contributed by atoms with van der Waals surface area (Å²) in [4.78, 5) is 25.1. The Balaban J connectivity index is 1.99.